The maximum atomic E-state index is 6.00. The molecule has 2 aromatic heterocycles. The molecule has 0 spiro atoms. The lowest BCUT2D eigenvalue weighted by Gasteiger charge is -2.04. The number of hydrogen-bond donors (Lipinski definition) is 0. The Morgan fingerprint density at radius 3 is 2.53 bits per heavy atom. The predicted octanol–water partition coefficient (Wildman–Crippen LogP) is 4.10. The molecule has 0 radical (unpaired) electrons. The van der Waals surface area contributed by atoms with E-state index in [0.717, 1.165) is 5.56 Å². The summed E-state index contributed by atoms with van der Waals surface area (Å²) >= 11 is 17.6. The molecular weight excluding hydrogens is 254 g/mol. The highest BCUT2D eigenvalue weighted by atomic mass is 35.5. The van der Waals surface area contributed by atoms with Gasteiger partial charge in [0.25, 0.3) is 0 Å². The van der Waals surface area contributed by atoms with Crippen molar-refractivity contribution in [1.29, 1.82) is 0 Å². The third-order valence-corrected chi connectivity index (χ3v) is 2.78. The molecule has 15 heavy (non-hydrogen) atoms. The van der Waals surface area contributed by atoms with Crippen LogP contribution in [0.2, 0.25) is 15.2 Å². The van der Waals surface area contributed by atoms with E-state index in [1.807, 2.05) is 6.07 Å². The van der Waals surface area contributed by atoms with Crippen molar-refractivity contribution in [3.8, 4) is 11.3 Å². The van der Waals surface area contributed by atoms with Gasteiger partial charge in [-0.05, 0) is 18.2 Å². The second-order valence-electron chi connectivity index (χ2n) is 2.83. The molecule has 0 fully saturated rings. The summed E-state index contributed by atoms with van der Waals surface area (Å²) < 4.78 is 0. The van der Waals surface area contributed by atoms with Crippen LogP contribution in [0, 0.1) is 0 Å². The fourth-order valence-electron chi connectivity index (χ4n) is 1.15. The van der Waals surface area contributed by atoms with Crippen LogP contribution in [0.25, 0.3) is 11.3 Å². The summed E-state index contributed by atoms with van der Waals surface area (Å²) in [6.07, 6.45) is 3.34. The number of halogens is 3. The SMILES string of the molecule is Clc1cc(Cl)c(-c2cccnc2)nc1Cl. The zero-order chi connectivity index (χ0) is 10.8. The molecule has 0 aliphatic heterocycles. The van der Waals surface area contributed by atoms with Crippen LogP contribution in [-0.2, 0) is 0 Å². The zero-order valence-electron chi connectivity index (χ0n) is 7.42. The van der Waals surface area contributed by atoms with E-state index in [9.17, 15) is 0 Å². The van der Waals surface area contributed by atoms with Gasteiger partial charge < -0.3 is 0 Å². The smallest absolute Gasteiger partial charge is 0.148 e. The number of aromatic nitrogens is 2. The summed E-state index contributed by atoms with van der Waals surface area (Å²) in [5.41, 5.74) is 1.39. The topological polar surface area (TPSA) is 25.8 Å². The minimum atomic E-state index is 0.236. The Balaban J connectivity index is 2.59. The van der Waals surface area contributed by atoms with Crippen molar-refractivity contribution >= 4 is 34.8 Å². The third-order valence-electron chi connectivity index (χ3n) is 1.82. The summed E-state index contributed by atoms with van der Waals surface area (Å²) in [5.74, 6) is 0. The first kappa shape index (κ1) is 10.7. The molecule has 0 bridgehead atoms. The summed E-state index contributed by atoms with van der Waals surface area (Å²) in [6.45, 7) is 0. The monoisotopic (exact) mass is 258 g/mol. The van der Waals surface area contributed by atoms with Crippen molar-refractivity contribution in [1.82, 2.24) is 9.97 Å². The lowest BCUT2D eigenvalue weighted by Crippen LogP contribution is -1.87. The van der Waals surface area contributed by atoms with Crippen LogP contribution in [0.5, 0.6) is 0 Å². The van der Waals surface area contributed by atoms with Crippen molar-refractivity contribution in [2.24, 2.45) is 0 Å². The van der Waals surface area contributed by atoms with Gasteiger partial charge in [-0.1, -0.05) is 34.8 Å². The van der Waals surface area contributed by atoms with E-state index < -0.39 is 0 Å². The Hall–Kier alpha value is -0.830. The molecule has 0 saturated carbocycles. The van der Waals surface area contributed by atoms with Crippen LogP contribution in [0.4, 0.5) is 0 Å². The highest BCUT2D eigenvalue weighted by Crippen LogP contribution is 2.31. The molecule has 0 atom stereocenters. The average molecular weight is 260 g/mol. The molecule has 2 heterocycles. The van der Waals surface area contributed by atoms with Gasteiger partial charge in [-0.2, -0.15) is 0 Å². The first-order valence-electron chi connectivity index (χ1n) is 4.10. The Morgan fingerprint density at radius 1 is 1.07 bits per heavy atom. The van der Waals surface area contributed by atoms with Crippen molar-refractivity contribution < 1.29 is 0 Å². The minimum absolute atomic E-state index is 0.236. The van der Waals surface area contributed by atoms with E-state index in [1.54, 1.807) is 24.5 Å². The van der Waals surface area contributed by atoms with Crippen molar-refractivity contribution in [2.75, 3.05) is 0 Å². The average Bonchev–Trinajstić information content (AvgIpc) is 2.25. The molecule has 2 nitrogen and oxygen atoms in total. The second kappa shape index (κ2) is 4.35. The van der Waals surface area contributed by atoms with E-state index >= 15 is 0 Å². The van der Waals surface area contributed by atoms with Crippen molar-refractivity contribution in [2.45, 2.75) is 0 Å². The molecule has 5 heteroatoms. The molecule has 0 aromatic carbocycles. The second-order valence-corrected chi connectivity index (χ2v) is 4.01. The van der Waals surface area contributed by atoms with E-state index in [2.05, 4.69) is 9.97 Å². The van der Waals surface area contributed by atoms with Crippen molar-refractivity contribution in [3.05, 3.63) is 45.8 Å². The van der Waals surface area contributed by atoms with Crippen molar-refractivity contribution in [3.63, 3.8) is 0 Å². The summed E-state index contributed by atoms with van der Waals surface area (Å²) in [7, 11) is 0. The van der Waals surface area contributed by atoms with Gasteiger partial charge in [-0.15, -0.1) is 0 Å². The third kappa shape index (κ3) is 2.23. The highest BCUT2D eigenvalue weighted by Gasteiger charge is 2.09. The van der Waals surface area contributed by atoms with Gasteiger partial charge in [0.05, 0.1) is 15.7 Å². The fourth-order valence-corrected chi connectivity index (χ4v) is 1.76. The number of nitrogens with zero attached hydrogens (tertiary/aromatic N) is 2. The van der Waals surface area contributed by atoms with Gasteiger partial charge in [0.1, 0.15) is 5.15 Å². The molecule has 0 saturated heterocycles. The van der Waals surface area contributed by atoms with Gasteiger partial charge in [0, 0.05) is 18.0 Å². The molecule has 0 amide bonds. The number of hydrogen-bond acceptors (Lipinski definition) is 2. The van der Waals surface area contributed by atoms with E-state index in [1.165, 1.54) is 0 Å². The van der Waals surface area contributed by atoms with Gasteiger partial charge in [-0.3, -0.25) is 4.98 Å². The summed E-state index contributed by atoms with van der Waals surface area (Å²) in [6, 6.07) is 5.22. The van der Waals surface area contributed by atoms with Crippen LogP contribution >= 0.6 is 34.8 Å². The Bertz CT molecular complexity index is 486. The molecule has 0 aliphatic rings. The van der Waals surface area contributed by atoms with E-state index in [0.29, 0.717) is 15.7 Å². The molecule has 76 valence electrons. The summed E-state index contributed by atoms with van der Waals surface area (Å²) in [5, 5.41) is 1.03. The highest BCUT2D eigenvalue weighted by molar-refractivity contribution is 6.42. The standard InChI is InChI=1S/C10H5Cl3N2/c11-7-4-8(12)10(13)15-9(7)6-2-1-3-14-5-6/h1-5H. The Labute approximate surface area is 102 Å². The van der Waals surface area contributed by atoms with Crippen LogP contribution in [0.15, 0.2) is 30.6 Å². The van der Waals surface area contributed by atoms with E-state index in [-0.39, 0.29) is 5.15 Å². The number of pyridine rings is 2. The Morgan fingerprint density at radius 2 is 1.87 bits per heavy atom. The predicted molar refractivity (Wildman–Crippen MR) is 62.5 cm³/mol. The molecule has 0 aliphatic carbocycles. The molecule has 0 N–H and O–H groups in total. The minimum Gasteiger partial charge on any atom is -0.264 e. The zero-order valence-corrected chi connectivity index (χ0v) is 9.68. The Kier molecular flexibility index (Phi) is 3.10. The van der Waals surface area contributed by atoms with Gasteiger partial charge in [0.15, 0.2) is 0 Å². The molecule has 2 rings (SSSR count). The summed E-state index contributed by atoms with van der Waals surface area (Å²) in [4.78, 5) is 8.08. The van der Waals surface area contributed by atoms with Crippen LogP contribution in [-0.4, -0.2) is 9.97 Å². The van der Waals surface area contributed by atoms with Gasteiger partial charge in [-0.25, -0.2) is 4.98 Å². The maximum absolute atomic E-state index is 6.00. The lowest BCUT2D eigenvalue weighted by molar-refractivity contribution is 1.28. The van der Waals surface area contributed by atoms with Gasteiger partial charge in [0.2, 0.25) is 0 Å². The largest absolute Gasteiger partial charge is 0.264 e. The fraction of sp³-hybridized carbons (Fsp3) is 0. The van der Waals surface area contributed by atoms with E-state index in [4.69, 9.17) is 34.8 Å². The van der Waals surface area contributed by atoms with Crippen LogP contribution in [0.1, 0.15) is 0 Å². The van der Waals surface area contributed by atoms with Crippen LogP contribution in [0.3, 0.4) is 0 Å². The molecule has 0 unspecified atom stereocenters. The molecule has 2 aromatic rings. The quantitative estimate of drug-likeness (QED) is 0.721. The van der Waals surface area contributed by atoms with Crippen LogP contribution < -0.4 is 0 Å². The normalized spacial score (nSPS) is 10.3. The lowest BCUT2D eigenvalue weighted by atomic mass is 10.2. The molecular formula is C10H5Cl3N2. The maximum Gasteiger partial charge on any atom is 0.148 e. The van der Waals surface area contributed by atoms with Gasteiger partial charge >= 0.3 is 0 Å². The first-order chi connectivity index (χ1) is 7.18. The first-order valence-corrected chi connectivity index (χ1v) is 5.24. The number of rotatable bonds is 1.